The van der Waals surface area contributed by atoms with Gasteiger partial charge >= 0.3 is 6.03 Å². The van der Waals surface area contributed by atoms with E-state index in [1.165, 1.54) is 5.56 Å². The smallest absolute Gasteiger partial charge is 0.326 e. The molecule has 0 spiro atoms. The summed E-state index contributed by atoms with van der Waals surface area (Å²) in [5, 5.41) is 3.02. The lowest BCUT2D eigenvalue weighted by molar-refractivity contribution is 0.140. The van der Waals surface area contributed by atoms with Gasteiger partial charge in [0.2, 0.25) is 0 Å². The first-order valence-corrected chi connectivity index (χ1v) is 11.1. The maximum atomic E-state index is 13.0. The third-order valence-electron chi connectivity index (χ3n) is 5.70. The van der Waals surface area contributed by atoms with Crippen LogP contribution in [0, 0.1) is 0 Å². The van der Waals surface area contributed by atoms with Crippen LogP contribution in [0.5, 0.6) is 11.5 Å². The van der Waals surface area contributed by atoms with Crippen LogP contribution in [0.4, 0.5) is 16.2 Å². The van der Waals surface area contributed by atoms with Crippen LogP contribution in [0.2, 0.25) is 0 Å². The highest BCUT2D eigenvalue weighted by Crippen LogP contribution is 2.32. The molecule has 1 N–H and O–H groups in total. The Labute approximate surface area is 186 Å². The van der Waals surface area contributed by atoms with Crippen LogP contribution in [0.25, 0.3) is 0 Å². The van der Waals surface area contributed by atoms with E-state index in [4.69, 9.17) is 9.47 Å². The van der Waals surface area contributed by atoms with Crippen LogP contribution >= 0.6 is 0 Å². The number of urea groups is 1. The number of hydrogen-bond acceptors (Lipinski definition) is 4. The molecule has 0 fully saturated rings. The van der Waals surface area contributed by atoms with Crippen molar-refractivity contribution in [2.45, 2.75) is 52.6 Å². The largest absolute Gasteiger partial charge is 0.493 e. The number of nitrogens with one attached hydrogen (secondary N) is 1. The van der Waals surface area contributed by atoms with E-state index in [1.54, 1.807) is 7.11 Å². The summed E-state index contributed by atoms with van der Waals surface area (Å²) in [6.45, 7) is 10.8. The lowest BCUT2D eigenvalue weighted by Gasteiger charge is -2.30. The Balaban J connectivity index is 1.68. The summed E-state index contributed by atoms with van der Waals surface area (Å²) >= 11 is 0. The summed E-state index contributed by atoms with van der Waals surface area (Å²) in [4.78, 5) is 17.2. The Hall–Kier alpha value is -2.73. The van der Waals surface area contributed by atoms with Crippen LogP contribution in [-0.2, 0) is 6.42 Å². The fourth-order valence-corrected chi connectivity index (χ4v) is 4.18. The van der Waals surface area contributed by atoms with Crippen LogP contribution in [0.1, 0.15) is 39.7 Å². The zero-order valence-corrected chi connectivity index (χ0v) is 19.4. The van der Waals surface area contributed by atoms with E-state index in [9.17, 15) is 4.79 Å². The molecule has 3 rings (SSSR count). The van der Waals surface area contributed by atoms with Crippen LogP contribution < -0.4 is 19.7 Å². The van der Waals surface area contributed by atoms with E-state index >= 15 is 0 Å². The number of carbonyl (C=O) groups excluding carboxylic acids is 1. The van der Waals surface area contributed by atoms with Gasteiger partial charge in [-0.05, 0) is 64.3 Å². The first-order valence-electron chi connectivity index (χ1n) is 11.1. The average molecular weight is 426 g/mol. The van der Waals surface area contributed by atoms with Crippen molar-refractivity contribution in [3.8, 4) is 11.5 Å². The summed E-state index contributed by atoms with van der Waals surface area (Å²) in [7, 11) is 1.62. The third kappa shape index (κ3) is 5.70. The van der Waals surface area contributed by atoms with Crippen molar-refractivity contribution in [3.63, 3.8) is 0 Å². The van der Waals surface area contributed by atoms with Gasteiger partial charge in [-0.3, -0.25) is 9.80 Å². The molecule has 0 radical (unpaired) electrons. The van der Waals surface area contributed by atoms with Crippen LogP contribution in [0.15, 0.2) is 42.5 Å². The monoisotopic (exact) mass is 425 g/mol. The Morgan fingerprint density at radius 2 is 1.84 bits per heavy atom. The molecule has 0 atom stereocenters. The van der Waals surface area contributed by atoms with Gasteiger partial charge < -0.3 is 14.8 Å². The Kier molecular flexibility index (Phi) is 7.80. The first-order chi connectivity index (χ1) is 14.9. The van der Waals surface area contributed by atoms with E-state index < -0.39 is 0 Å². The fourth-order valence-electron chi connectivity index (χ4n) is 4.18. The number of fused-ring (bicyclic) bond motifs is 1. The molecule has 0 unspecified atom stereocenters. The second-order valence-corrected chi connectivity index (χ2v) is 8.45. The van der Waals surface area contributed by atoms with Gasteiger partial charge in [0.05, 0.1) is 7.11 Å². The summed E-state index contributed by atoms with van der Waals surface area (Å²) in [5.41, 5.74) is 2.88. The molecule has 2 amide bonds. The fraction of sp³-hybridized carbons (Fsp3) is 0.480. The van der Waals surface area contributed by atoms with Gasteiger partial charge in [-0.2, -0.15) is 0 Å². The van der Waals surface area contributed by atoms with Gasteiger partial charge in [0.15, 0.2) is 11.5 Å². The molecule has 0 aliphatic carbocycles. The number of methoxy groups -OCH3 is 1. The minimum Gasteiger partial charge on any atom is -0.493 e. The number of anilines is 2. The highest BCUT2D eigenvalue weighted by Gasteiger charge is 2.22. The molecule has 1 aliphatic rings. The predicted octanol–water partition coefficient (Wildman–Crippen LogP) is 5.18. The Morgan fingerprint density at radius 1 is 1.10 bits per heavy atom. The van der Waals surface area contributed by atoms with Crippen molar-refractivity contribution >= 4 is 17.4 Å². The highest BCUT2D eigenvalue weighted by atomic mass is 16.5. The summed E-state index contributed by atoms with van der Waals surface area (Å²) in [6, 6.07) is 14.4. The number of ether oxygens (including phenoxy) is 2. The van der Waals surface area contributed by atoms with Crippen molar-refractivity contribution < 1.29 is 14.3 Å². The quantitative estimate of drug-likeness (QED) is 0.633. The minimum atomic E-state index is -0.131. The van der Waals surface area contributed by atoms with Crippen molar-refractivity contribution in [2.24, 2.45) is 0 Å². The summed E-state index contributed by atoms with van der Waals surface area (Å²) < 4.78 is 11.5. The van der Waals surface area contributed by atoms with Crippen LogP contribution in [0.3, 0.4) is 0 Å². The van der Waals surface area contributed by atoms with Crippen molar-refractivity contribution in [1.29, 1.82) is 0 Å². The molecule has 1 aliphatic heterocycles. The lowest BCUT2D eigenvalue weighted by Crippen LogP contribution is -2.39. The Bertz CT molecular complexity index is 874. The van der Waals surface area contributed by atoms with Gasteiger partial charge in [-0.1, -0.05) is 18.2 Å². The van der Waals surface area contributed by atoms with E-state index in [0.29, 0.717) is 42.4 Å². The molecular formula is C25H35N3O3. The second-order valence-electron chi connectivity index (χ2n) is 8.45. The van der Waals surface area contributed by atoms with Crippen molar-refractivity contribution in [1.82, 2.24) is 4.90 Å². The molecule has 31 heavy (non-hydrogen) atoms. The molecule has 0 saturated carbocycles. The molecule has 2 aromatic rings. The topological polar surface area (TPSA) is 54.0 Å². The van der Waals surface area contributed by atoms with E-state index in [-0.39, 0.29) is 6.03 Å². The summed E-state index contributed by atoms with van der Waals surface area (Å²) in [5.74, 6) is 1.29. The number of benzene rings is 2. The molecule has 0 saturated heterocycles. The molecule has 6 heteroatoms. The number of nitrogens with zero attached hydrogens (tertiary/aromatic N) is 2. The van der Waals surface area contributed by atoms with Gasteiger partial charge in [-0.25, -0.2) is 4.79 Å². The molecule has 2 aromatic carbocycles. The number of amides is 2. The molecule has 168 valence electrons. The molecular weight excluding hydrogens is 390 g/mol. The standard InChI is InChI=1S/C25H35N3O3/c1-18(2)27(19(3)4)15-16-31-24-17-21(12-13-23(24)30-5)26-25(29)28-14-8-10-20-9-6-7-11-22(20)28/h6-7,9,11-13,17-19H,8,10,14-16H2,1-5H3,(H,26,29). The van der Waals surface area contributed by atoms with E-state index in [1.807, 2.05) is 41.3 Å². The maximum absolute atomic E-state index is 13.0. The SMILES string of the molecule is COc1ccc(NC(=O)N2CCCc3ccccc32)cc1OCCN(C(C)C)C(C)C. The zero-order chi connectivity index (χ0) is 22.4. The Morgan fingerprint density at radius 3 is 2.55 bits per heavy atom. The number of rotatable bonds is 8. The lowest BCUT2D eigenvalue weighted by atomic mass is 10.0. The maximum Gasteiger partial charge on any atom is 0.326 e. The normalized spacial score (nSPS) is 13.5. The molecule has 6 nitrogen and oxygen atoms in total. The minimum absolute atomic E-state index is 0.131. The number of hydrogen-bond donors (Lipinski definition) is 1. The molecule has 1 heterocycles. The number of para-hydroxylation sites is 1. The van der Waals surface area contributed by atoms with Crippen LogP contribution in [-0.4, -0.2) is 49.8 Å². The molecule has 0 bridgehead atoms. The van der Waals surface area contributed by atoms with E-state index in [2.05, 4.69) is 44.0 Å². The number of aryl methyl sites for hydroxylation is 1. The second kappa shape index (κ2) is 10.5. The van der Waals surface area contributed by atoms with Gasteiger partial charge in [0.25, 0.3) is 0 Å². The average Bonchev–Trinajstić information content (AvgIpc) is 2.75. The number of carbonyl (C=O) groups is 1. The summed E-state index contributed by atoms with van der Waals surface area (Å²) in [6.07, 6.45) is 1.97. The first kappa shape index (κ1) is 22.9. The van der Waals surface area contributed by atoms with Gasteiger partial charge in [0.1, 0.15) is 6.61 Å². The highest BCUT2D eigenvalue weighted by molar-refractivity contribution is 6.02. The third-order valence-corrected chi connectivity index (χ3v) is 5.70. The predicted molar refractivity (Wildman–Crippen MR) is 127 cm³/mol. The van der Waals surface area contributed by atoms with Gasteiger partial charge in [-0.15, -0.1) is 0 Å². The van der Waals surface area contributed by atoms with Gasteiger partial charge in [0, 0.05) is 42.6 Å². The van der Waals surface area contributed by atoms with Crippen molar-refractivity contribution in [3.05, 3.63) is 48.0 Å². The zero-order valence-electron chi connectivity index (χ0n) is 19.4. The van der Waals surface area contributed by atoms with Crippen molar-refractivity contribution in [2.75, 3.05) is 37.0 Å². The van der Waals surface area contributed by atoms with E-state index in [0.717, 1.165) is 25.1 Å². The molecule has 0 aromatic heterocycles.